The van der Waals surface area contributed by atoms with Gasteiger partial charge in [-0.05, 0) is 17.7 Å². The molecule has 148 valence electrons. The Morgan fingerprint density at radius 3 is 2.00 bits per heavy atom. The summed E-state index contributed by atoms with van der Waals surface area (Å²) in [7, 11) is 0. The Kier molecular flexibility index (Phi) is 8.17. The van der Waals surface area contributed by atoms with Gasteiger partial charge in [-0.3, -0.25) is 14.4 Å². The number of nitrogens with two attached hydrogens (primary N) is 1. The lowest BCUT2D eigenvalue weighted by Crippen LogP contribution is -2.56. The number of phenols is 1. The van der Waals surface area contributed by atoms with E-state index in [9.17, 15) is 24.3 Å². The summed E-state index contributed by atoms with van der Waals surface area (Å²) in [6.45, 7) is -0.670. The van der Waals surface area contributed by atoms with Gasteiger partial charge in [0.1, 0.15) is 23.9 Å². The molecule has 8 N–H and O–H groups in total. The molecule has 0 aliphatic rings. The van der Waals surface area contributed by atoms with Crippen molar-refractivity contribution in [3.63, 3.8) is 0 Å². The van der Waals surface area contributed by atoms with Crippen LogP contribution in [0.5, 0.6) is 5.75 Å². The number of carbonyl (C=O) groups excluding carboxylic acids is 2. The zero-order chi connectivity index (χ0) is 20.6. The van der Waals surface area contributed by atoms with E-state index in [0.29, 0.717) is 5.56 Å². The van der Waals surface area contributed by atoms with Crippen molar-refractivity contribution in [2.24, 2.45) is 5.73 Å². The highest BCUT2D eigenvalue weighted by Crippen LogP contribution is 2.12. The standard InChI is InChI=1S/C16H21N3O8/c17-10(7-20)14(24)18-11(5-8-1-3-9(21)4-2-8)15(25)19-12(16(26)27)6-13(22)23/h1-4,10-12,20-21H,5-7,17H2,(H,18,24)(H,19,25)(H,22,23)(H,26,27)/t10-,11-,12-/m0/s1. The summed E-state index contributed by atoms with van der Waals surface area (Å²) < 4.78 is 0. The first-order valence-electron chi connectivity index (χ1n) is 7.83. The van der Waals surface area contributed by atoms with Crippen LogP contribution in [0, 0.1) is 0 Å². The zero-order valence-electron chi connectivity index (χ0n) is 14.2. The number of rotatable bonds is 10. The second-order valence-electron chi connectivity index (χ2n) is 5.72. The van der Waals surface area contributed by atoms with Gasteiger partial charge in [0.05, 0.1) is 13.0 Å². The van der Waals surface area contributed by atoms with Crippen LogP contribution in [0.1, 0.15) is 12.0 Å². The molecule has 0 unspecified atom stereocenters. The molecule has 0 aliphatic heterocycles. The van der Waals surface area contributed by atoms with E-state index < -0.39 is 54.9 Å². The topological polar surface area (TPSA) is 199 Å². The summed E-state index contributed by atoms with van der Waals surface area (Å²) in [5, 5.41) is 40.4. The van der Waals surface area contributed by atoms with Crippen molar-refractivity contribution in [1.82, 2.24) is 10.6 Å². The Balaban J connectivity index is 2.97. The second kappa shape index (κ2) is 10.1. The maximum Gasteiger partial charge on any atom is 0.326 e. The van der Waals surface area contributed by atoms with Crippen LogP contribution in [-0.2, 0) is 25.6 Å². The molecule has 3 atom stereocenters. The number of hydrogen-bond acceptors (Lipinski definition) is 7. The van der Waals surface area contributed by atoms with Gasteiger partial charge >= 0.3 is 11.9 Å². The lowest BCUT2D eigenvalue weighted by molar-refractivity contribution is -0.147. The van der Waals surface area contributed by atoms with Gasteiger partial charge in [0.2, 0.25) is 11.8 Å². The Morgan fingerprint density at radius 1 is 0.963 bits per heavy atom. The van der Waals surface area contributed by atoms with E-state index in [1.807, 2.05) is 0 Å². The molecule has 2 amide bonds. The van der Waals surface area contributed by atoms with Crippen LogP contribution < -0.4 is 16.4 Å². The zero-order valence-corrected chi connectivity index (χ0v) is 14.2. The Hall–Kier alpha value is -3.18. The van der Waals surface area contributed by atoms with Crippen molar-refractivity contribution >= 4 is 23.8 Å². The van der Waals surface area contributed by atoms with Crippen LogP contribution in [0.15, 0.2) is 24.3 Å². The number of phenolic OH excluding ortho intramolecular Hbond substituents is 1. The van der Waals surface area contributed by atoms with Gasteiger partial charge in [0.15, 0.2) is 0 Å². The third kappa shape index (κ3) is 7.30. The van der Waals surface area contributed by atoms with Gasteiger partial charge in [0.25, 0.3) is 0 Å². The van der Waals surface area contributed by atoms with E-state index in [4.69, 9.17) is 21.1 Å². The molecule has 0 fully saturated rings. The smallest absolute Gasteiger partial charge is 0.326 e. The largest absolute Gasteiger partial charge is 0.508 e. The average Bonchev–Trinajstić information content (AvgIpc) is 2.60. The molecule has 27 heavy (non-hydrogen) atoms. The van der Waals surface area contributed by atoms with E-state index in [0.717, 1.165) is 0 Å². The van der Waals surface area contributed by atoms with Gasteiger partial charge in [-0.2, -0.15) is 0 Å². The molecule has 11 nitrogen and oxygen atoms in total. The van der Waals surface area contributed by atoms with Crippen molar-refractivity contribution in [3.05, 3.63) is 29.8 Å². The average molecular weight is 383 g/mol. The van der Waals surface area contributed by atoms with Gasteiger partial charge < -0.3 is 36.8 Å². The van der Waals surface area contributed by atoms with E-state index >= 15 is 0 Å². The SMILES string of the molecule is N[C@@H](CO)C(=O)N[C@@H](Cc1ccc(O)cc1)C(=O)N[C@@H](CC(=O)O)C(=O)O. The van der Waals surface area contributed by atoms with Crippen LogP contribution in [0.2, 0.25) is 0 Å². The summed E-state index contributed by atoms with van der Waals surface area (Å²) in [6, 6.07) is 1.41. The molecule has 0 aromatic heterocycles. The molecule has 0 saturated carbocycles. The Labute approximate surface area is 153 Å². The van der Waals surface area contributed by atoms with Gasteiger partial charge in [-0.15, -0.1) is 0 Å². The summed E-state index contributed by atoms with van der Waals surface area (Å²) in [5.74, 6) is -4.77. The molecule has 0 heterocycles. The fourth-order valence-corrected chi connectivity index (χ4v) is 2.09. The number of carbonyl (C=O) groups is 4. The maximum atomic E-state index is 12.4. The maximum absolute atomic E-state index is 12.4. The Morgan fingerprint density at radius 2 is 1.52 bits per heavy atom. The van der Waals surface area contributed by atoms with Crippen LogP contribution in [0.25, 0.3) is 0 Å². The molecule has 1 rings (SSSR count). The lowest BCUT2D eigenvalue weighted by atomic mass is 10.0. The molecule has 1 aromatic rings. The number of aromatic hydroxyl groups is 1. The van der Waals surface area contributed by atoms with Crippen molar-refractivity contribution in [2.75, 3.05) is 6.61 Å². The molecular formula is C16H21N3O8. The molecule has 0 spiro atoms. The van der Waals surface area contributed by atoms with Crippen molar-refractivity contribution in [1.29, 1.82) is 0 Å². The molecular weight excluding hydrogens is 362 g/mol. The first-order chi connectivity index (χ1) is 12.6. The van der Waals surface area contributed by atoms with Crippen molar-refractivity contribution in [2.45, 2.75) is 31.0 Å². The lowest BCUT2D eigenvalue weighted by Gasteiger charge is -2.22. The second-order valence-corrected chi connectivity index (χ2v) is 5.72. The fourth-order valence-electron chi connectivity index (χ4n) is 2.09. The van der Waals surface area contributed by atoms with Crippen LogP contribution in [-0.4, -0.2) is 68.9 Å². The number of aliphatic hydroxyl groups excluding tert-OH is 1. The summed E-state index contributed by atoms with van der Waals surface area (Å²) in [4.78, 5) is 46.2. The van der Waals surface area contributed by atoms with Crippen LogP contribution in [0.4, 0.5) is 0 Å². The molecule has 1 aromatic carbocycles. The minimum Gasteiger partial charge on any atom is -0.508 e. The summed E-state index contributed by atoms with van der Waals surface area (Å²) in [6.07, 6.45) is -0.938. The Bertz CT molecular complexity index is 691. The van der Waals surface area contributed by atoms with E-state index in [1.165, 1.54) is 24.3 Å². The monoisotopic (exact) mass is 383 g/mol. The highest BCUT2D eigenvalue weighted by molar-refractivity contribution is 5.93. The highest BCUT2D eigenvalue weighted by Gasteiger charge is 2.29. The third-order valence-electron chi connectivity index (χ3n) is 3.54. The van der Waals surface area contributed by atoms with E-state index in [-0.39, 0.29) is 12.2 Å². The quantitative estimate of drug-likeness (QED) is 0.234. The molecule has 0 bridgehead atoms. The van der Waals surface area contributed by atoms with Gasteiger partial charge in [-0.25, -0.2) is 4.79 Å². The number of aliphatic hydroxyl groups is 1. The number of aliphatic carboxylic acids is 2. The van der Waals surface area contributed by atoms with Crippen LogP contribution >= 0.6 is 0 Å². The number of amides is 2. The van der Waals surface area contributed by atoms with Crippen molar-refractivity contribution < 1.29 is 39.6 Å². The predicted molar refractivity (Wildman–Crippen MR) is 90.6 cm³/mol. The first kappa shape index (κ1) is 21.9. The number of carboxylic acid groups (broad SMARTS) is 2. The third-order valence-corrected chi connectivity index (χ3v) is 3.54. The number of carboxylic acids is 2. The molecule has 0 aliphatic carbocycles. The molecule has 0 saturated heterocycles. The first-order valence-corrected chi connectivity index (χ1v) is 7.83. The number of benzene rings is 1. The predicted octanol–water partition coefficient (Wildman–Crippen LogP) is -2.22. The number of nitrogens with one attached hydrogen (secondary N) is 2. The minimum absolute atomic E-state index is 0.0153. The van der Waals surface area contributed by atoms with E-state index in [2.05, 4.69) is 10.6 Å². The minimum atomic E-state index is -1.69. The van der Waals surface area contributed by atoms with Gasteiger partial charge in [0, 0.05) is 6.42 Å². The summed E-state index contributed by atoms with van der Waals surface area (Å²) in [5.41, 5.74) is 5.92. The fraction of sp³-hybridized carbons (Fsp3) is 0.375. The van der Waals surface area contributed by atoms with E-state index in [1.54, 1.807) is 0 Å². The van der Waals surface area contributed by atoms with Gasteiger partial charge in [-0.1, -0.05) is 12.1 Å². The highest BCUT2D eigenvalue weighted by atomic mass is 16.4. The van der Waals surface area contributed by atoms with Crippen LogP contribution in [0.3, 0.4) is 0 Å². The molecule has 11 heteroatoms. The molecule has 0 radical (unpaired) electrons. The summed E-state index contributed by atoms with van der Waals surface area (Å²) >= 11 is 0. The normalized spacial score (nSPS) is 13.9. The van der Waals surface area contributed by atoms with Crippen molar-refractivity contribution in [3.8, 4) is 5.75 Å². The number of hydrogen-bond donors (Lipinski definition) is 7.